The average molecular weight is 839 g/mol. The molecule has 314 valence electrons. The van der Waals surface area contributed by atoms with Crippen LogP contribution in [0.25, 0.3) is 10.4 Å². The van der Waals surface area contributed by atoms with Crippen molar-refractivity contribution in [2.45, 2.75) is 114 Å². The Balaban J connectivity index is 1.09. The monoisotopic (exact) mass is 838 g/mol. The molecule has 6 rings (SSSR count). The molecule has 16 heteroatoms. The number of alkyl halides is 1. The predicted octanol–water partition coefficient (Wildman–Crippen LogP) is 5.39. The maximum atomic E-state index is 14.6. The summed E-state index contributed by atoms with van der Waals surface area (Å²) < 4.78 is 21.3. The number of hydrogen-bond acceptors (Lipinski definition) is 10. The van der Waals surface area contributed by atoms with Gasteiger partial charge in [0, 0.05) is 61.4 Å². The van der Waals surface area contributed by atoms with Crippen molar-refractivity contribution in [3.8, 4) is 16.2 Å². The molecule has 1 saturated carbocycles. The van der Waals surface area contributed by atoms with Crippen molar-refractivity contribution in [3.05, 3.63) is 65.3 Å². The first kappa shape index (κ1) is 43.3. The van der Waals surface area contributed by atoms with E-state index >= 15 is 0 Å². The largest absolute Gasteiger partial charge is 0.490 e. The number of aromatic nitrogens is 1. The standard InChI is InChI=1S/C42H55FN6O7S2/c1-26-35(58-25-45-26)27-10-11-28(22-44-37(51)33-21-30(50)23-49(33)38(52)36(41(2,3)4)47-39(53)42(43)15-16-42)34(20-27)56-31-13-18-48(19-14-31)17-12-29(46-40(54)55)24-57-32-8-6-5-7-9-32/h5-11,20,25,29-31,33,36,46,50H,12-19,21-24H2,1-4H3,(H,44,51)(H,47,53)(H,54,55)/t29?,30-,33+,36?/m1/s1. The molecule has 2 aliphatic heterocycles. The Bertz CT molecular complexity index is 1910. The maximum absolute atomic E-state index is 14.6. The van der Waals surface area contributed by atoms with Crippen LogP contribution in [0, 0.1) is 12.3 Å². The van der Waals surface area contributed by atoms with Gasteiger partial charge in [0.1, 0.15) is 23.9 Å². The maximum Gasteiger partial charge on any atom is 0.404 e. The minimum Gasteiger partial charge on any atom is -0.490 e. The summed E-state index contributed by atoms with van der Waals surface area (Å²) in [6.45, 7) is 9.58. The third-order valence-electron chi connectivity index (χ3n) is 11.0. The van der Waals surface area contributed by atoms with Gasteiger partial charge in [-0.3, -0.25) is 14.4 Å². The molecule has 1 aliphatic carbocycles. The van der Waals surface area contributed by atoms with E-state index in [1.165, 1.54) is 16.2 Å². The van der Waals surface area contributed by atoms with Crippen LogP contribution in [0.4, 0.5) is 9.18 Å². The van der Waals surface area contributed by atoms with Crippen molar-refractivity contribution in [2.24, 2.45) is 5.41 Å². The number of amides is 4. The molecule has 0 bridgehead atoms. The topological polar surface area (TPSA) is 173 Å². The normalized spacial score (nSPS) is 20.6. The Morgan fingerprint density at radius 3 is 2.45 bits per heavy atom. The van der Waals surface area contributed by atoms with Crippen molar-refractivity contribution in [3.63, 3.8) is 0 Å². The van der Waals surface area contributed by atoms with E-state index in [9.17, 15) is 33.8 Å². The van der Waals surface area contributed by atoms with Crippen molar-refractivity contribution in [2.75, 3.05) is 31.9 Å². The van der Waals surface area contributed by atoms with Gasteiger partial charge in [-0.15, -0.1) is 23.1 Å². The van der Waals surface area contributed by atoms with Crippen molar-refractivity contribution < 1.29 is 38.5 Å². The van der Waals surface area contributed by atoms with E-state index in [1.807, 2.05) is 55.5 Å². The molecule has 0 spiro atoms. The zero-order valence-corrected chi connectivity index (χ0v) is 35.2. The number of hydrogen-bond donors (Lipinski definition) is 5. The summed E-state index contributed by atoms with van der Waals surface area (Å²) in [6, 6.07) is 13.5. The number of thiazole rings is 1. The summed E-state index contributed by atoms with van der Waals surface area (Å²) in [6.07, 6.45) is 0.393. The lowest BCUT2D eigenvalue weighted by Crippen LogP contribution is -2.59. The van der Waals surface area contributed by atoms with Crippen LogP contribution >= 0.6 is 23.1 Å². The number of nitrogens with one attached hydrogen (secondary N) is 3. The van der Waals surface area contributed by atoms with Crippen molar-refractivity contribution >= 4 is 46.9 Å². The first-order valence-corrected chi connectivity index (χ1v) is 21.8. The number of piperidine rings is 1. The van der Waals surface area contributed by atoms with E-state index in [0.29, 0.717) is 17.9 Å². The second-order valence-electron chi connectivity index (χ2n) is 16.7. The molecule has 3 aliphatic rings. The Labute approximate surface area is 347 Å². The van der Waals surface area contributed by atoms with Gasteiger partial charge in [-0.25, -0.2) is 14.2 Å². The number of aryl methyl sites for hydroxylation is 1. The number of ether oxygens (including phenoxy) is 1. The van der Waals surface area contributed by atoms with Crippen LogP contribution < -0.4 is 20.7 Å². The van der Waals surface area contributed by atoms with E-state index in [4.69, 9.17) is 4.74 Å². The van der Waals surface area contributed by atoms with Crippen molar-refractivity contribution in [1.29, 1.82) is 0 Å². The second kappa shape index (κ2) is 18.8. The summed E-state index contributed by atoms with van der Waals surface area (Å²) in [5.41, 5.74) is 1.63. The molecule has 58 heavy (non-hydrogen) atoms. The zero-order chi connectivity index (χ0) is 41.6. The van der Waals surface area contributed by atoms with E-state index in [0.717, 1.165) is 59.1 Å². The first-order valence-electron chi connectivity index (χ1n) is 20.0. The van der Waals surface area contributed by atoms with Gasteiger partial charge in [0.15, 0.2) is 5.67 Å². The molecule has 13 nitrogen and oxygen atoms in total. The summed E-state index contributed by atoms with van der Waals surface area (Å²) in [4.78, 5) is 62.1. The van der Waals surface area contributed by atoms with Gasteiger partial charge in [0.2, 0.25) is 11.8 Å². The van der Waals surface area contributed by atoms with Crippen LogP contribution in [0.3, 0.4) is 0 Å². The highest BCUT2D eigenvalue weighted by atomic mass is 32.2. The Morgan fingerprint density at radius 1 is 1.09 bits per heavy atom. The summed E-state index contributed by atoms with van der Waals surface area (Å²) in [5, 5.41) is 28.3. The number of thioether (sulfide) groups is 1. The number of halogens is 1. The van der Waals surface area contributed by atoms with E-state index < -0.39 is 53.1 Å². The number of carboxylic acid groups (broad SMARTS) is 1. The Morgan fingerprint density at radius 2 is 1.81 bits per heavy atom. The minimum atomic E-state index is -1.97. The van der Waals surface area contributed by atoms with Crippen molar-refractivity contribution in [1.82, 2.24) is 30.7 Å². The van der Waals surface area contributed by atoms with Gasteiger partial charge >= 0.3 is 6.09 Å². The number of rotatable bonds is 16. The highest BCUT2D eigenvalue weighted by Gasteiger charge is 2.53. The number of carbonyl (C=O) groups excluding carboxylic acids is 3. The Hall–Kier alpha value is -4.25. The fourth-order valence-electron chi connectivity index (χ4n) is 7.40. The van der Waals surface area contributed by atoms with Crippen LogP contribution in [-0.2, 0) is 20.9 Å². The van der Waals surface area contributed by atoms with Crippen LogP contribution in [0.1, 0.15) is 70.6 Å². The molecule has 4 atom stereocenters. The number of nitrogens with zero attached hydrogens (tertiary/aromatic N) is 3. The SMILES string of the molecule is Cc1ncsc1-c1ccc(CNC(=O)[C@@H]2C[C@@H](O)CN2C(=O)C(NC(=O)C2(F)CC2)C(C)(C)C)c(OC2CCN(CCC(CSc3ccccc3)NC(=O)O)CC2)c1. The third-order valence-corrected chi connectivity index (χ3v) is 13.2. The molecular formula is C42H55FN6O7S2. The molecule has 3 fully saturated rings. The summed E-state index contributed by atoms with van der Waals surface area (Å²) in [5.74, 6) is -0.555. The van der Waals surface area contributed by atoms with Gasteiger partial charge in [-0.2, -0.15) is 0 Å². The lowest BCUT2D eigenvalue weighted by atomic mass is 9.85. The number of β-amino-alcohol motifs (C(OH)–C–C–N with tert-alkyl or cyclic N) is 1. The number of benzene rings is 2. The number of aliphatic hydroxyl groups excluding tert-OH is 1. The predicted molar refractivity (Wildman–Crippen MR) is 222 cm³/mol. The van der Waals surface area contributed by atoms with Gasteiger partial charge in [-0.05, 0) is 68.2 Å². The molecule has 0 radical (unpaired) electrons. The van der Waals surface area contributed by atoms with Gasteiger partial charge in [0.05, 0.1) is 22.2 Å². The molecule has 4 amide bonds. The van der Waals surface area contributed by atoms with Crippen LogP contribution in [0.2, 0.25) is 0 Å². The molecule has 5 N–H and O–H groups in total. The Kier molecular flexibility index (Phi) is 14.0. The van der Waals surface area contributed by atoms with E-state index in [-0.39, 0.29) is 44.5 Å². The highest BCUT2D eigenvalue weighted by molar-refractivity contribution is 7.99. The third kappa shape index (κ3) is 11.3. The smallest absolute Gasteiger partial charge is 0.404 e. The molecule has 2 aromatic carbocycles. The van der Waals surface area contributed by atoms with E-state index in [2.05, 4.69) is 25.8 Å². The van der Waals surface area contributed by atoms with Crippen LogP contribution in [0.5, 0.6) is 5.75 Å². The number of aliphatic hydroxyl groups is 1. The molecule has 1 aromatic heterocycles. The molecule has 3 heterocycles. The average Bonchev–Trinajstić information content (AvgIpc) is 3.60. The molecule has 2 unspecified atom stereocenters. The van der Waals surface area contributed by atoms with Crippen LogP contribution in [-0.4, -0.2) is 117 Å². The number of likely N-dealkylation sites (tertiary alicyclic amines) is 2. The van der Waals surface area contributed by atoms with Gasteiger partial charge in [0.25, 0.3) is 5.91 Å². The summed E-state index contributed by atoms with van der Waals surface area (Å²) in [7, 11) is 0. The highest BCUT2D eigenvalue weighted by Crippen LogP contribution is 2.40. The molecule has 3 aromatic rings. The lowest BCUT2D eigenvalue weighted by molar-refractivity contribution is -0.145. The molecular weight excluding hydrogens is 784 g/mol. The zero-order valence-electron chi connectivity index (χ0n) is 33.5. The quantitative estimate of drug-likeness (QED) is 0.118. The second-order valence-corrected chi connectivity index (χ2v) is 18.6. The van der Waals surface area contributed by atoms with Gasteiger partial charge < -0.3 is 40.7 Å². The fourth-order valence-corrected chi connectivity index (χ4v) is 9.20. The number of carbonyl (C=O) groups is 4. The fraction of sp³-hybridized carbons (Fsp3) is 0.548. The first-order chi connectivity index (χ1) is 27.6. The molecule has 2 saturated heterocycles. The van der Waals surface area contributed by atoms with E-state index in [1.54, 1.807) is 38.0 Å². The minimum absolute atomic E-state index is 0.0277. The summed E-state index contributed by atoms with van der Waals surface area (Å²) >= 11 is 3.17. The van der Waals surface area contributed by atoms with Gasteiger partial charge in [-0.1, -0.05) is 51.1 Å². The van der Waals surface area contributed by atoms with Crippen LogP contribution in [0.15, 0.2) is 58.9 Å². The lowest BCUT2D eigenvalue weighted by Gasteiger charge is -2.35.